The lowest BCUT2D eigenvalue weighted by atomic mass is 10.2. The van der Waals surface area contributed by atoms with Crippen molar-refractivity contribution in [2.75, 3.05) is 19.6 Å². The summed E-state index contributed by atoms with van der Waals surface area (Å²) in [6.07, 6.45) is 2.74. The van der Waals surface area contributed by atoms with Crippen molar-refractivity contribution in [2.45, 2.75) is 45.3 Å². The molecule has 0 bridgehead atoms. The van der Waals surface area contributed by atoms with Crippen LogP contribution in [-0.2, 0) is 4.79 Å². The van der Waals surface area contributed by atoms with E-state index in [4.69, 9.17) is 4.74 Å². The van der Waals surface area contributed by atoms with Crippen LogP contribution in [0.3, 0.4) is 0 Å². The summed E-state index contributed by atoms with van der Waals surface area (Å²) in [5, 5.41) is 9.18. The zero-order valence-corrected chi connectivity index (χ0v) is 14.8. The van der Waals surface area contributed by atoms with Gasteiger partial charge in [-0.25, -0.2) is 9.38 Å². The average molecular weight is 350 g/mol. The molecule has 0 spiro atoms. The quantitative estimate of drug-likeness (QED) is 0.469. The molecule has 1 fully saturated rings. The van der Waals surface area contributed by atoms with Gasteiger partial charge in [0.15, 0.2) is 5.96 Å². The van der Waals surface area contributed by atoms with Gasteiger partial charge in [-0.2, -0.15) is 0 Å². The molecule has 2 rings (SSSR count). The smallest absolute Gasteiger partial charge is 0.242 e. The van der Waals surface area contributed by atoms with E-state index in [-0.39, 0.29) is 24.4 Å². The number of hydrogen-bond donors (Lipinski definition) is 3. The first-order valence-electron chi connectivity index (χ1n) is 8.84. The molecule has 1 unspecified atom stereocenters. The van der Waals surface area contributed by atoms with Crippen LogP contribution in [0.25, 0.3) is 0 Å². The van der Waals surface area contributed by atoms with Gasteiger partial charge in [0.05, 0.1) is 6.54 Å². The number of rotatable bonds is 9. The third kappa shape index (κ3) is 7.41. The molecule has 6 nitrogen and oxygen atoms in total. The second kappa shape index (κ2) is 9.86. The summed E-state index contributed by atoms with van der Waals surface area (Å²) in [6.45, 7) is 5.24. The van der Waals surface area contributed by atoms with Crippen molar-refractivity contribution >= 4 is 11.9 Å². The molecule has 1 aliphatic rings. The second-order valence-electron chi connectivity index (χ2n) is 6.02. The summed E-state index contributed by atoms with van der Waals surface area (Å²) in [4.78, 5) is 16.0. The van der Waals surface area contributed by atoms with Gasteiger partial charge < -0.3 is 20.7 Å². The average Bonchev–Trinajstić information content (AvgIpc) is 3.40. The maximum absolute atomic E-state index is 13.2. The normalized spacial score (nSPS) is 15.4. The van der Waals surface area contributed by atoms with Gasteiger partial charge in [-0.1, -0.05) is 13.0 Å². The van der Waals surface area contributed by atoms with Crippen LogP contribution in [0.1, 0.15) is 33.1 Å². The lowest BCUT2D eigenvalue weighted by Gasteiger charge is -2.20. The Bertz CT molecular complexity index is 590. The highest BCUT2D eigenvalue weighted by Gasteiger charge is 2.22. The molecule has 25 heavy (non-hydrogen) atoms. The molecule has 1 aliphatic carbocycles. The second-order valence-corrected chi connectivity index (χ2v) is 6.02. The highest BCUT2D eigenvalue weighted by molar-refractivity contribution is 5.85. The fourth-order valence-electron chi connectivity index (χ4n) is 2.21. The number of benzene rings is 1. The number of ether oxygens (including phenoxy) is 1. The van der Waals surface area contributed by atoms with Crippen LogP contribution in [-0.4, -0.2) is 43.6 Å². The van der Waals surface area contributed by atoms with E-state index in [2.05, 4.69) is 20.9 Å². The first kappa shape index (κ1) is 19.0. The predicted octanol–water partition coefficient (Wildman–Crippen LogP) is 1.82. The number of nitrogens with one attached hydrogen (secondary N) is 3. The number of halogens is 1. The van der Waals surface area contributed by atoms with E-state index in [9.17, 15) is 9.18 Å². The highest BCUT2D eigenvalue weighted by atomic mass is 19.1. The molecule has 0 radical (unpaired) electrons. The Hall–Kier alpha value is -2.31. The maximum Gasteiger partial charge on any atom is 0.242 e. The van der Waals surface area contributed by atoms with Gasteiger partial charge in [0.25, 0.3) is 0 Å². The summed E-state index contributed by atoms with van der Waals surface area (Å²) in [7, 11) is 0. The van der Waals surface area contributed by atoms with Crippen molar-refractivity contribution in [1.29, 1.82) is 0 Å². The Kier molecular flexibility index (Phi) is 7.50. The Balaban J connectivity index is 1.83. The summed E-state index contributed by atoms with van der Waals surface area (Å²) in [6, 6.07) is 6.43. The first-order chi connectivity index (χ1) is 12.1. The number of amides is 1. The summed E-state index contributed by atoms with van der Waals surface area (Å²) in [5.41, 5.74) is 0. The van der Waals surface area contributed by atoms with Crippen molar-refractivity contribution < 1.29 is 13.9 Å². The third-order valence-electron chi connectivity index (χ3n) is 3.72. The molecule has 138 valence electrons. The Morgan fingerprint density at radius 2 is 2.16 bits per heavy atom. The van der Waals surface area contributed by atoms with Gasteiger partial charge in [-0.15, -0.1) is 0 Å². The lowest BCUT2D eigenvalue weighted by molar-refractivity contribution is -0.119. The SMILES string of the molecule is CCNC(=NCC(=O)NC1CC1)NCC(CC)Oc1cccc(F)c1. The lowest BCUT2D eigenvalue weighted by Crippen LogP contribution is -2.43. The zero-order chi connectivity index (χ0) is 18.1. The van der Waals surface area contributed by atoms with Crippen molar-refractivity contribution in [3.05, 3.63) is 30.1 Å². The molecule has 1 aromatic rings. The topological polar surface area (TPSA) is 74.8 Å². The third-order valence-corrected chi connectivity index (χ3v) is 3.72. The molecular weight excluding hydrogens is 323 g/mol. The first-order valence-corrected chi connectivity index (χ1v) is 8.84. The van der Waals surface area contributed by atoms with Gasteiger partial charge in [0, 0.05) is 18.7 Å². The Morgan fingerprint density at radius 3 is 2.80 bits per heavy atom. The van der Waals surface area contributed by atoms with E-state index in [1.54, 1.807) is 12.1 Å². The van der Waals surface area contributed by atoms with Crippen LogP contribution >= 0.6 is 0 Å². The van der Waals surface area contributed by atoms with Gasteiger partial charge in [0.1, 0.15) is 24.2 Å². The molecule has 0 saturated heterocycles. The molecular formula is C18H27FN4O2. The van der Waals surface area contributed by atoms with E-state index >= 15 is 0 Å². The van der Waals surface area contributed by atoms with E-state index in [0.717, 1.165) is 19.3 Å². The van der Waals surface area contributed by atoms with Crippen LogP contribution in [0.15, 0.2) is 29.3 Å². The molecule has 7 heteroatoms. The van der Waals surface area contributed by atoms with Gasteiger partial charge >= 0.3 is 0 Å². The van der Waals surface area contributed by atoms with Crippen molar-refractivity contribution in [3.63, 3.8) is 0 Å². The van der Waals surface area contributed by atoms with E-state index in [1.807, 2.05) is 13.8 Å². The van der Waals surface area contributed by atoms with E-state index in [1.165, 1.54) is 12.1 Å². The number of carbonyl (C=O) groups excluding carboxylic acids is 1. The number of hydrogen-bond acceptors (Lipinski definition) is 3. The Labute approximate surface area is 148 Å². The van der Waals surface area contributed by atoms with Crippen molar-refractivity contribution in [1.82, 2.24) is 16.0 Å². The minimum absolute atomic E-state index is 0.0669. The highest BCUT2D eigenvalue weighted by Crippen LogP contribution is 2.18. The summed E-state index contributed by atoms with van der Waals surface area (Å²) < 4.78 is 19.0. The van der Waals surface area contributed by atoms with Crippen molar-refractivity contribution in [2.24, 2.45) is 4.99 Å². The van der Waals surface area contributed by atoms with E-state index < -0.39 is 0 Å². The maximum atomic E-state index is 13.2. The molecule has 1 saturated carbocycles. The Morgan fingerprint density at radius 1 is 1.36 bits per heavy atom. The fraction of sp³-hybridized carbons (Fsp3) is 0.556. The van der Waals surface area contributed by atoms with E-state index in [0.29, 0.717) is 30.8 Å². The number of aliphatic imine (C=N–C) groups is 1. The van der Waals surface area contributed by atoms with Crippen LogP contribution in [0.5, 0.6) is 5.75 Å². The minimum atomic E-state index is -0.322. The summed E-state index contributed by atoms with van der Waals surface area (Å²) >= 11 is 0. The zero-order valence-electron chi connectivity index (χ0n) is 14.8. The standard InChI is InChI=1S/C18H27FN4O2/c1-3-15(25-16-7-5-6-13(19)10-16)11-21-18(20-4-2)22-12-17(24)23-14-8-9-14/h5-7,10,14-15H,3-4,8-9,11-12H2,1-2H3,(H,23,24)(H2,20,21,22). The number of nitrogens with zero attached hydrogens (tertiary/aromatic N) is 1. The molecule has 0 aromatic heterocycles. The van der Waals surface area contributed by atoms with Crippen LogP contribution in [0.4, 0.5) is 4.39 Å². The van der Waals surface area contributed by atoms with Gasteiger partial charge in [-0.3, -0.25) is 4.79 Å². The van der Waals surface area contributed by atoms with Crippen LogP contribution in [0, 0.1) is 5.82 Å². The molecule has 1 atom stereocenters. The molecule has 3 N–H and O–H groups in total. The fourth-order valence-corrected chi connectivity index (χ4v) is 2.21. The van der Waals surface area contributed by atoms with Crippen LogP contribution < -0.4 is 20.7 Å². The number of carbonyl (C=O) groups is 1. The molecule has 1 aromatic carbocycles. The van der Waals surface area contributed by atoms with Gasteiger partial charge in [0.2, 0.25) is 5.91 Å². The molecule has 1 amide bonds. The molecule has 0 aliphatic heterocycles. The molecule has 0 heterocycles. The van der Waals surface area contributed by atoms with Crippen LogP contribution in [0.2, 0.25) is 0 Å². The monoisotopic (exact) mass is 350 g/mol. The number of guanidine groups is 1. The van der Waals surface area contributed by atoms with Gasteiger partial charge in [-0.05, 0) is 38.3 Å². The summed E-state index contributed by atoms with van der Waals surface area (Å²) in [5.74, 6) is 0.675. The largest absolute Gasteiger partial charge is 0.489 e. The predicted molar refractivity (Wildman–Crippen MR) is 96.3 cm³/mol. The van der Waals surface area contributed by atoms with Crippen molar-refractivity contribution in [3.8, 4) is 5.75 Å². The minimum Gasteiger partial charge on any atom is -0.489 e.